The molecule has 6 heteroatoms. The zero-order valence-corrected chi connectivity index (χ0v) is 14.5. The fourth-order valence-electron chi connectivity index (χ4n) is 1.93. The van der Waals surface area contributed by atoms with Gasteiger partial charge in [0.05, 0.1) is 13.3 Å². The summed E-state index contributed by atoms with van der Waals surface area (Å²) in [5.41, 5.74) is 4.16. The summed E-state index contributed by atoms with van der Waals surface area (Å²) in [6.07, 6.45) is 0.854. The maximum Gasteiger partial charge on any atom is 0.280 e. The lowest BCUT2D eigenvalue weighted by molar-refractivity contribution is -0.127. The fraction of sp³-hybridized carbons (Fsp3) is 0.222. The van der Waals surface area contributed by atoms with Crippen LogP contribution in [-0.4, -0.2) is 25.3 Å². The molecule has 1 unspecified atom stereocenters. The number of methoxy groups -OCH3 is 1. The molecule has 0 aliphatic rings. The minimum Gasteiger partial charge on any atom is -0.497 e. The lowest BCUT2D eigenvalue weighted by atomic mass is 10.2. The molecule has 1 N–H and O–H groups in total. The van der Waals surface area contributed by atoms with Gasteiger partial charge in [-0.15, -0.1) is 0 Å². The lowest BCUT2D eigenvalue weighted by Gasteiger charge is -2.13. The Morgan fingerprint density at radius 3 is 2.75 bits per heavy atom. The summed E-state index contributed by atoms with van der Waals surface area (Å²) in [6.45, 7) is 3.53. The molecule has 126 valence electrons. The standard InChI is InChI=1S/C18H19ClN2O3/c1-12-9-16(7-8-17(12)19)24-13(2)18(22)21-20-11-14-5-4-6-15(10-14)23-3/h4-11,13H,1-3H3,(H,21,22)/b20-11+. The highest BCUT2D eigenvalue weighted by atomic mass is 35.5. The van der Waals surface area contributed by atoms with E-state index < -0.39 is 6.10 Å². The van der Waals surface area contributed by atoms with E-state index in [1.165, 1.54) is 0 Å². The third-order valence-corrected chi connectivity index (χ3v) is 3.72. The molecule has 0 aliphatic heterocycles. The average molecular weight is 347 g/mol. The molecule has 0 saturated carbocycles. The van der Waals surface area contributed by atoms with Crippen molar-refractivity contribution in [3.63, 3.8) is 0 Å². The summed E-state index contributed by atoms with van der Waals surface area (Å²) >= 11 is 5.97. The number of ether oxygens (including phenoxy) is 2. The number of nitrogens with one attached hydrogen (secondary N) is 1. The van der Waals surface area contributed by atoms with E-state index in [2.05, 4.69) is 10.5 Å². The Kier molecular flexibility index (Phi) is 6.21. The number of rotatable bonds is 6. The molecule has 0 aromatic heterocycles. The van der Waals surface area contributed by atoms with Gasteiger partial charge in [-0.2, -0.15) is 5.10 Å². The first-order chi connectivity index (χ1) is 11.5. The van der Waals surface area contributed by atoms with E-state index in [4.69, 9.17) is 21.1 Å². The van der Waals surface area contributed by atoms with E-state index in [0.29, 0.717) is 10.8 Å². The van der Waals surface area contributed by atoms with Gasteiger partial charge in [0.1, 0.15) is 11.5 Å². The Balaban J connectivity index is 1.91. The van der Waals surface area contributed by atoms with Crippen LogP contribution in [0.5, 0.6) is 11.5 Å². The van der Waals surface area contributed by atoms with Crippen LogP contribution in [0.2, 0.25) is 5.02 Å². The molecular formula is C18H19ClN2O3. The molecule has 24 heavy (non-hydrogen) atoms. The first-order valence-electron chi connectivity index (χ1n) is 7.39. The van der Waals surface area contributed by atoms with Crippen LogP contribution in [0.25, 0.3) is 0 Å². The van der Waals surface area contributed by atoms with Gasteiger partial charge in [-0.3, -0.25) is 4.79 Å². The van der Waals surface area contributed by atoms with Gasteiger partial charge < -0.3 is 9.47 Å². The zero-order valence-electron chi connectivity index (χ0n) is 13.7. The van der Waals surface area contributed by atoms with Crippen LogP contribution in [0.1, 0.15) is 18.1 Å². The molecule has 2 rings (SSSR count). The van der Waals surface area contributed by atoms with Crippen molar-refractivity contribution in [3.8, 4) is 11.5 Å². The molecule has 0 radical (unpaired) electrons. The molecule has 0 spiro atoms. The maximum absolute atomic E-state index is 12.0. The second kappa shape index (κ2) is 8.36. The summed E-state index contributed by atoms with van der Waals surface area (Å²) < 4.78 is 10.7. The van der Waals surface area contributed by atoms with Gasteiger partial charge in [0.25, 0.3) is 5.91 Å². The van der Waals surface area contributed by atoms with Crippen LogP contribution in [0, 0.1) is 6.92 Å². The van der Waals surface area contributed by atoms with Gasteiger partial charge in [0, 0.05) is 5.02 Å². The molecule has 0 saturated heterocycles. The highest BCUT2D eigenvalue weighted by Gasteiger charge is 2.14. The maximum atomic E-state index is 12.0. The second-order valence-electron chi connectivity index (χ2n) is 5.18. The summed E-state index contributed by atoms with van der Waals surface area (Å²) in [7, 11) is 1.59. The summed E-state index contributed by atoms with van der Waals surface area (Å²) in [6, 6.07) is 12.6. The predicted octanol–water partition coefficient (Wildman–Crippen LogP) is 3.57. The highest BCUT2D eigenvalue weighted by molar-refractivity contribution is 6.31. The largest absolute Gasteiger partial charge is 0.497 e. The highest BCUT2D eigenvalue weighted by Crippen LogP contribution is 2.21. The smallest absolute Gasteiger partial charge is 0.280 e. The summed E-state index contributed by atoms with van der Waals surface area (Å²) in [5, 5.41) is 4.59. The molecule has 2 aromatic carbocycles. The Bertz CT molecular complexity index is 747. The van der Waals surface area contributed by atoms with Gasteiger partial charge in [-0.25, -0.2) is 5.43 Å². The molecule has 1 atom stereocenters. The minimum atomic E-state index is -0.687. The predicted molar refractivity (Wildman–Crippen MR) is 95.0 cm³/mol. The zero-order chi connectivity index (χ0) is 17.5. The Morgan fingerprint density at radius 2 is 2.04 bits per heavy atom. The molecule has 0 bridgehead atoms. The topological polar surface area (TPSA) is 59.9 Å². The summed E-state index contributed by atoms with van der Waals surface area (Å²) in [5.74, 6) is 0.957. The minimum absolute atomic E-state index is 0.346. The number of hydrazone groups is 1. The van der Waals surface area contributed by atoms with E-state index >= 15 is 0 Å². The van der Waals surface area contributed by atoms with Crippen molar-refractivity contribution < 1.29 is 14.3 Å². The number of benzene rings is 2. The number of hydrogen-bond acceptors (Lipinski definition) is 4. The average Bonchev–Trinajstić information content (AvgIpc) is 2.58. The number of carbonyl (C=O) groups excluding carboxylic acids is 1. The Hall–Kier alpha value is -2.53. The molecular weight excluding hydrogens is 328 g/mol. The van der Waals surface area contributed by atoms with Crippen molar-refractivity contribution in [2.45, 2.75) is 20.0 Å². The van der Waals surface area contributed by atoms with Crippen molar-refractivity contribution in [1.29, 1.82) is 0 Å². The molecule has 5 nitrogen and oxygen atoms in total. The van der Waals surface area contributed by atoms with Crippen LogP contribution in [0.4, 0.5) is 0 Å². The normalized spacial score (nSPS) is 12.0. The van der Waals surface area contributed by atoms with Crippen molar-refractivity contribution in [2.24, 2.45) is 5.10 Å². The van der Waals surface area contributed by atoms with Crippen molar-refractivity contribution in [3.05, 3.63) is 58.6 Å². The van der Waals surface area contributed by atoms with Crippen LogP contribution in [0.15, 0.2) is 47.6 Å². The molecule has 0 aliphatic carbocycles. The van der Waals surface area contributed by atoms with Crippen LogP contribution in [0.3, 0.4) is 0 Å². The molecule has 0 heterocycles. The van der Waals surface area contributed by atoms with Crippen molar-refractivity contribution >= 4 is 23.7 Å². The number of halogens is 1. The third-order valence-electron chi connectivity index (χ3n) is 3.29. The number of hydrogen-bond donors (Lipinski definition) is 1. The van der Waals surface area contributed by atoms with E-state index in [1.54, 1.807) is 38.4 Å². The van der Waals surface area contributed by atoms with Gasteiger partial charge in [0.15, 0.2) is 6.10 Å². The van der Waals surface area contributed by atoms with Crippen LogP contribution >= 0.6 is 11.6 Å². The fourth-order valence-corrected chi connectivity index (χ4v) is 2.05. The Morgan fingerprint density at radius 1 is 1.25 bits per heavy atom. The monoisotopic (exact) mass is 346 g/mol. The van der Waals surface area contributed by atoms with Gasteiger partial charge in [0.2, 0.25) is 0 Å². The van der Waals surface area contributed by atoms with Gasteiger partial charge in [-0.05, 0) is 55.3 Å². The molecule has 1 amide bonds. The number of nitrogens with zero attached hydrogens (tertiary/aromatic N) is 1. The van der Waals surface area contributed by atoms with E-state index in [1.807, 2.05) is 31.2 Å². The van der Waals surface area contributed by atoms with Gasteiger partial charge in [-0.1, -0.05) is 23.7 Å². The second-order valence-corrected chi connectivity index (χ2v) is 5.59. The molecule has 2 aromatic rings. The molecule has 0 fully saturated rings. The lowest BCUT2D eigenvalue weighted by Crippen LogP contribution is -2.33. The van der Waals surface area contributed by atoms with E-state index in [0.717, 1.165) is 16.9 Å². The Labute approximate surface area is 146 Å². The van der Waals surface area contributed by atoms with Crippen molar-refractivity contribution in [1.82, 2.24) is 5.43 Å². The number of carbonyl (C=O) groups is 1. The number of aryl methyl sites for hydroxylation is 1. The SMILES string of the molecule is COc1cccc(/C=N/NC(=O)C(C)Oc2ccc(Cl)c(C)c2)c1. The van der Waals surface area contributed by atoms with Crippen molar-refractivity contribution in [2.75, 3.05) is 7.11 Å². The quantitative estimate of drug-likeness (QED) is 0.642. The first kappa shape index (κ1) is 17.8. The van der Waals surface area contributed by atoms with Crippen LogP contribution < -0.4 is 14.9 Å². The van der Waals surface area contributed by atoms with Gasteiger partial charge >= 0.3 is 0 Å². The van der Waals surface area contributed by atoms with E-state index in [-0.39, 0.29) is 5.91 Å². The van der Waals surface area contributed by atoms with E-state index in [9.17, 15) is 4.79 Å². The summed E-state index contributed by atoms with van der Waals surface area (Å²) in [4.78, 5) is 12.0. The van der Waals surface area contributed by atoms with Crippen LogP contribution in [-0.2, 0) is 4.79 Å². The third kappa shape index (κ3) is 4.99. The first-order valence-corrected chi connectivity index (χ1v) is 7.77. The number of amides is 1.